The molecule has 10 heteroatoms. The number of nitrogens with one attached hydrogen (secondary N) is 1. The minimum absolute atomic E-state index is 0.00588. The summed E-state index contributed by atoms with van der Waals surface area (Å²) in [6, 6.07) is 7.47. The van der Waals surface area contributed by atoms with Gasteiger partial charge in [-0.1, -0.05) is 18.2 Å². The molecule has 1 N–H and O–H groups in total. The zero-order chi connectivity index (χ0) is 26.1. The van der Waals surface area contributed by atoms with Crippen molar-refractivity contribution in [2.24, 2.45) is 0 Å². The average molecular weight is 500 g/mol. The summed E-state index contributed by atoms with van der Waals surface area (Å²) >= 11 is 0. The van der Waals surface area contributed by atoms with Gasteiger partial charge in [0.2, 0.25) is 17.7 Å². The van der Waals surface area contributed by atoms with E-state index in [-0.39, 0.29) is 37.6 Å². The summed E-state index contributed by atoms with van der Waals surface area (Å²) in [5.41, 5.74) is -1.34. The van der Waals surface area contributed by atoms with Gasteiger partial charge in [-0.25, -0.2) is 4.39 Å². The predicted molar refractivity (Wildman–Crippen MR) is 131 cm³/mol. The van der Waals surface area contributed by atoms with Crippen LogP contribution < -0.4 is 5.32 Å². The molecule has 3 aliphatic heterocycles. The normalized spacial score (nSPS) is 24.8. The Morgan fingerprint density at radius 2 is 2.03 bits per heavy atom. The number of halogens is 1. The van der Waals surface area contributed by atoms with E-state index >= 15 is 0 Å². The number of benzene rings is 1. The van der Waals surface area contributed by atoms with Gasteiger partial charge in [-0.05, 0) is 25.5 Å². The Morgan fingerprint density at radius 1 is 1.33 bits per heavy atom. The summed E-state index contributed by atoms with van der Waals surface area (Å²) in [6.45, 7) is 5.97. The van der Waals surface area contributed by atoms with Crippen molar-refractivity contribution < 1.29 is 23.5 Å². The van der Waals surface area contributed by atoms with Crippen LogP contribution in [0.2, 0.25) is 0 Å². The highest BCUT2D eigenvalue weighted by atomic mass is 19.1. The van der Waals surface area contributed by atoms with Crippen molar-refractivity contribution in [3.05, 3.63) is 29.8 Å². The summed E-state index contributed by atoms with van der Waals surface area (Å²) in [6.07, 6.45) is 0.128. The number of hydrogen-bond donors (Lipinski definition) is 1. The number of nitrogens with zero attached hydrogens (tertiary/aromatic N) is 4. The van der Waals surface area contributed by atoms with Crippen LogP contribution in [0.25, 0.3) is 0 Å². The first-order valence-electron chi connectivity index (χ1n) is 12.4. The molecule has 1 aromatic rings. The predicted octanol–water partition coefficient (Wildman–Crippen LogP) is 1.69. The van der Waals surface area contributed by atoms with Crippen LogP contribution in [-0.2, 0) is 24.5 Å². The molecule has 1 spiro atoms. The molecule has 1 unspecified atom stereocenters. The zero-order valence-electron chi connectivity index (χ0n) is 21.1. The van der Waals surface area contributed by atoms with Gasteiger partial charge in [0, 0.05) is 58.2 Å². The van der Waals surface area contributed by atoms with Crippen LogP contribution in [0, 0.1) is 11.3 Å². The van der Waals surface area contributed by atoms with Gasteiger partial charge in [-0.2, -0.15) is 5.26 Å². The van der Waals surface area contributed by atoms with E-state index in [0.29, 0.717) is 25.4 Å². The van der Waals surface area contributed by atoms with Crippen molar-refractivity contribution in [1.82, 2.24) is 14.7 Å². The van der Waals surface area contributed by atoms with Gasteiger partial charge in [0.15, 0.2) is 0 Å². The quantitative estimate of drug-likeness (QED) is 0.612. The fraction of sp³-hybridized carbons (Fsp3) is 0.615. The highest BCUT2D eigenvalue weighted by Crippen LogP contribution is 2.46. The van der Waals surface area contributed by atoms with Gasteiger partial charge >= 0.3 is 0 Å². The lowest BCUT2D eigenvalue weighted by Crippen LogP contribution is -2.53. The summed E-state index contributed by atoms with van der Waals surface area (Å²) in [7, 11) is 1.51. The number of amides is 3. The molecule has 3 amide bonds. The first-order chi connectivity index (χ1) is 17.1. The van der Waals surface area contributed by atoms with E-state index in [9.17, 15) is 24.0 Å². The number of likely N-dealkylation sites (tertiary alicyclic amines) is 1. The second-order valence-electron chi connectivity index (χ2n) is 10.5. The maximum absolute atomic E-state index is 14.9. The van der Waals surface area contributed by atoms with Gasteiger partial charge in [0.25, 0.3) is 0 Å². The monoisotopic (exact) mass is 499 g/mol. The molecule has 2 saturated heterocycles. The fourth-order valence-corrected chi connectivity index (χ4v) is 5.46. The topological polar surface area (TPSA) is 106 Å². The number of rotatable bonds is 7. The number of alkyl halides is 1. The van der Waals surface area contributed by atoms with Crippen LogP contribution in [0.3, 0.4) is 0 Å². The molecule has 3 atom stereocenters. The Balaban J connectivity index is 1.55. The summed E-state index contributed by atoms with van der Waals surface area (Å²) in [5.74, 6) is -1.03. The first kappa shape index (κ1) is 26.0. The third kappa shape index (κ3) is 5.08. The van der Waals surface area contributed by atoms with E-state index in [1.54, 1.807) is 6.07 Å². The average Bonchev–Trinajstić information content (AvgIpc) is 3.38. The van der Waals surface area contributed by atoms with Gasteiger partial charge < -0.3 is 19.9 Å². The maximum atomic E-state index is 14.9. The third-order valence-corrected chi connectivity index (χ3v) is 7.49. The minimum Gasteiger partial charge on any atom is -0.379 e. The molecular formula is C26H34FN5O4. The van der Waals surface area contributed by atoms with Gasteiger partial charge in [-0.15, -0.1) is 0 Å². The molecule has 3 aliphatic rings. The molecule has 0 bridgehead atoms. The molecule has 194 valence electrons. The number of para-hydroxylation sites is 1. The molecule has 0 aliphatic carbocycles. The summed E-state index contributed by atoms with van der Waals surface area (Å²) in [4.78, 5) is 44.8. The SMILES string of the molecule is CN(C(=O)CCN1CCOCC1)[C@@H](CC(C)(C)F)C(=O)N1C[C@]2(CC1C#N)C(=O)Nc1ccccc12. The standard InChI is InChI=1S/C26H34FN5O4/c1-25(2,27)15-21(30(3)22(33)8-9-31-10-12-36-13-11-31)23(34)32-17-26(14-18(32)16-28)19-6-4-5-7-20(19)29-24(26)35/h4-7,18,21H,8-15,17H2,1-3H3,(H,29,35)/t18?,21-,26-/m0/s1. The molecule has 0 aromatic heterocycles. The van der Waals surface area contributed by atoms with Crippen LogP contribution in [0.15, 0.2) is 24.3 Å². The van der Waals surface area contributed by atoms with Crippen LogP contribution in [0.1, 0.15) is 38.7 Å². The summed E-state index contributed by atoms with van der Waals surface area (Å²) < 4.78 is 20.2. The number of morpholine rings is 1. The Kier molecular flexibility index (Phi) is 7.34. The highest BCUT2D eigenvalue weighted by molar-refractivity contribution is 6.07. The second-order valence-corrected chi connectivity index (χ2v) is 10.5. The fourth-order valence-electron chi connectivity index (χ4n) is 5.46. The highest BCUT2D eigenvalue weighted by Gasteiger charge is 2.56. The number of likely N-dealkylation sites (N-methyl/N-ethyl adjacent to an activating group) is 1. The Hall–Kier alpha value is -3.03. The lowest BCUT2D eigenvalue weighted by atomic mass is 9.80. The number of nitriles is 1. The minimum atomic E-state index is -1.73. The third-order valence-electron chi connectivity index (χ3n) is 7.49. The first-order valence-corrected chi connectivity index (χ1v) is 12.4. The number of ether oxygens (including phenoxy) is 1. The lowest BCUT2D eigenvalue weighted by Gasteiger charge is -2.35. The van der Waals surface area contributed by atoms with E-state index in [2.05, 4.69) is 16.3 Å². The summed E-state index contributed by atoms with van der Waals surface area (Å²) in [5, 5.41) is 12.8. The van der Waals surface area contributed by atoms with Crippen molar-refractivity contribution in [3.8, 4) is 6.07 Å². The van der Waals surface area contributed by atoms with E-state index in [1.165, 1.54) is 30.7 Å². The van der Waals surface area contributed by atoms with Crippen molar-refractivity contribution in [1.29, 1.82) is 5.26 Å². The molecule has 4 rings (SSSR count). The zero-order valence-corrected chi connectivity index (χ0v) is 21.1. The lowest BCUT2D eigenvalue weighted by molar-refractivity contribution is -0.146. The molecule has 36 heavy (non-hydrogen) atoms. The van der Waals surface area contributed by atoms with E-state index < -0.39 is 29.1 Å². The van der Waals surface area contributed by atoms with Crippen LogP contribution in [-0.4, -0.2) is 96.6 Å². The number of carbonyl (C=O) groups excluding carboxylic acids is 3. The van der Waals surface area contributed by atoms with Crippen molar-refractivity contribution >= 4 is 23.4 Å². The molecular weight excluding hydrogens is 465 g/mol. The maximum Gasteiger partial charge on any atom is 0.246 e. The molecule has 3 heterocycles. The molecule has 9 nitrogen and oxygen atoms in total. The van der Waals surface area contributed by atoms with Crippen molar-refractivity contribution in [2.45, 2.75) is 56.3 Å². The number of hydrogen-bond acceptors (Lipinski definition) is 6. The largest absolute Gasteiger partial charge is 0.379 e. The second kappa shape index (κ2) is 10.1. The molecule has 2 fully saturated rings. The number of anilines is 1. The number of carbonyl (C=O) groups is 3. The van der Waals surface area contributed by atoms with Crippen molar-refractivity contribution in [2.75, 3.05) is 51.8 Å². The van der Waals surface area contributed by atoms with Crippen LogP contribution in [0.5, 0.6) is 0 Å². The Labute approximate surface area is 211 Å². The van der Waals surface area contributed by atoms with E-state index in [0.717, 1.165) is 18.7 Å². The van der Waals surface area contributed by atoms with E-state index in [1.807, 2.05) is 18.2 Å². The number of fused-ring (bicyclic) bond motifs is 2. The Bertz CT molecular complexity index is 1060. The molecule has 0 saturated carbocycles. The van der Waals surface area contributed by atoms with Crippen molar-refractivity contribution in [3.63, 3.8) is 0 Å². The van der Waals surface area contributed by atoms with Crippen LogP contribution >= 0.6 is 0 Å². The van der Waals surface area contributed by atoms with Gasteiger partial charge in [-0.3, -0.25) is 19.3 Å². The Morgan fingerprint density at radius 3 is 2.69 bits per heavy atom. The smallest absolute Gasteiger partial charge is 0.246 e. The molecule has 1 aromatic carbocycles. The van der Waals surface area contributed by atoms with Gasteiger partial charge in [0.05, 0.1) is 24.7 Å². The molecule has 0 radical (unpaired) electrons. The van der Waals surface area contributed by atoms with Crippen LogP contribution in [0.4, 0.5) is 10.1 Å². The van der Waals surface area contributed by atoms with E-state index in [4.69, 9.17) is 4.74 Å². The van der Waals surface area contributed by atoms with Gasteiger partial charge in [0.1, 0.15) is 17.8 Å².